The molecule has 3 nitrogen and oxygen atoms in total. The third kappa shape index (κ3) is 2.08. The molecule has 0 atom stereocenters. The molecule has 1 rings (SSSR count). The second kappa shape index (κ2) is 3.47. The van der Waals surface area contributed by atoms with Gasteiger partial charge in [0.05, 0.1) is 0 Å². The van der Waals surface area contributed by atoms with E-state index in [1.54, 1.807) is 19.1 Å². The van der Waals surface area contributed by atoms with Crippen molar-refractivity contribution in [2.24, 2.45) is 5.14 Å². The molecule has 0 bridgehead atoms. The summed E-state index contributed by atoms with van der Waals surface area (Å²) in [5.41, 5.74) is 0.727. The van der Waals surface area contributed by atoms with Crippen LogP contribution in [0.5, 0.6) is 0 Å². The van der Waals surface area contributed by atoms with Gasteiger partial charge in [-0.05, 0) is 0 Å². The van der Waals surface area contributed by atoms with E-state index in [-0.39, 0.29) is 0 Å². The van der Waals surface area contributed by atoms with Crippen LogP contribution in [0.1, 0.15) is 5.56 Å². The Balaban J connectivity index is 3.53. The molecule has 0 unspecified atom stereocenters. The molecule has 0 amide bonds. The van der Waals surface area contributed by atoms with Gasteiger partial charge in [0, 0.05) is 0 Å². The first-order valence-electron chi connectivity index (χ1n) is 3.52. The first kappa shape index (κ1) is 10.2. The van der Waals surface area contributed by atoms with E-state index in [1.807, 2.05) is 6.07 Å². The Morgan fingerprint density at radius 3 is 2.33 bits per heavy atom. The van der Waals surface area contributed by atoms with Gasteiger partial charge in [-0.3, -0.25) is 0 Å². The molecule has 1 aromatic carbocycles. The number of hydrogen-bond acceptors (Lipinski definition) is 2. The molecule has 0 aliphatic rings. The van der Waals surface area contributed by atoms with Crippen LogP contribution >= 0.6 is 0 Å². The molecule has 1 aromatic rings. The summed E-state index contributed by atoms with van der Waals surface area (Å²) in [4.78, 5) is 0.302. The van der Waals surface area contributed by atoms with Crippen LogP contribution in [0.25, 0.3) is 0 Å². The van der Waals surface area contributed by atoms with Crippen molar-refractivity contribution in [2.75, 3.05) is 0 Å². The molecule has 0 aliphatic carbocycles. The van der Waals surface area contributed by atoms with Crippen molar-refractivity contribution in [1.82, 2.24) is 0 Å². The van der Waals surface area contributed by atoms with E-state index in [0.29, 0.717) is 32.8 Å². The molecular weight excluding hydrogens is 185 g/mol. The average molecular weight is 193 g/mol. The molecule has 0 heterocycles. The van der Waals surface area contributed by atoms with E-state index in [4.69, 9.17) is 5.14 Å². The van der Waals surface area contributed by atoms with Gasteiger partial charge >= 0.3 is 89.9 Å². The van der Waals surface area contributed by atoms with Gasteiger partial charge in [0.1, 0.15) is 0 Å². The molecule has 12 heavy (non-hydrogen) atoms. The number of rotatable bonds is 1. The second-order valence-electron chi connectivity index (χ2n) is 2.77. The summed E-state index contributed by atoms with van der Waals surface area (Å²) in [6.45, 7) is 1.75. The summed E-state index contributed by atoms with van der Waals surface area (Å²) >= 11 is 0.696. The van der Waals surface area contributed by atoms with Crippen molar-refractivity contribution >= 4 is 40.8 Å². The number of hydrogen-bond donors (Lipinski definition) is 1. The summed E-state index contributed by atoms with van der Waals surface area (Å²) in [6, 6.07) is 5.38. The molecule has 0 saturated carbocycles. The van der Waals surface area contributed by atoms with Crippen LogP contribution in [0.15, 0.2) is 23.1 Å². The van der Waals surface area contributed by atoms with Gasteiger partial charge in [0.2, 0.25) is 0 Å². The molecule has 2 N–H and O–H groups in total. The number of primary sulfonamides is 1. The Hall–Kier alpha value is 0.130. The number of sulfonamides is 1. The van der Waals surface area contributed by atoms with Crippen LogP contribution < -0.4 is 7.95 Å². The van der Waals surface area contributed by atoms with Gasteiger partial charge in [-0.1, -0.05) is 0 Å². The summed E-state index contributed by atoms with van der Waals surface area (Å²) in [5.74, 6) is 0. The topological polar surface area (TPSA) is 60.2 Å². The van der Waals surface area contributed by atoms with Crippen molar-refractivity contribution in [3.8, 4) is 0 Å². The fraction of sp³-hybridized carbons (Fsp3) is 0.143. The first-order valence-corrected chi connectivity index (χ1v) is 6.06. The van der Waals surface area contributed by atoms with Crippen LogP contribution in [0.2, 0.25) is 0 Å². The summed E-state index contributed by atoms with van der Waals surface area (Å²) in [5, 5.41) is 5.05. The van der Waals surface area contributed by atoms with Gasteiger partial charge in [0.15, 0.2) is 0 Å². The molecule has 0 aliphatic heterocycles. The molecule has 0 spiro atoms. The SMILES string of the molecule is Cc1ccc[c]([Na])c1S(N)(=O)=O. The van der Waals surface area contributed by atoms with Gasteiger partial charge in [-0.25, -0.2) is 0 Å². The second-order valence-corrected chi connectivity index (χ2v) is 5.34. The Morgan fingerprint density at radius 1 is 1.42 bits per heavy atom. The molecular formula is C7H8NNaO2S. The fourth-order valence-electron chi connectivity index (χ4n) is 1.25. The van der Waals surface area contributed by atoms with Crippen molar-refractivity contribution < 1.29 is 8.42 Å². The molecule has 0 fully saturated rings. The standard InChI is InChI=1S/C7H8NO2S.Na/c1-6-4-2-3-5-7(6)11(8,9)10;/h2-4H,1H3,(H2,8,9,10);. The van der Waals surface area contributed by atoms with E-state index >= 15 is 0 Å². The zero-order chi connectivity index (χ0) is 9.35. The summed E-state index contributed by atoms with van der Waals surface area (Å²) in [7, 11) is -3.53. The number of nitrogens with two attached hydrogens (primary N) is 1. The third-order valence-corrected chi connectivity index (χ3v) is 4.10. The van der Waals surface area contributed by atoms with Crippen molar-refractivity contribution in [1.29, 1.82) is 0 Å². The van der Waals surface area contributed by atoms with E-state index in [0.717, 1.165) is 8.38 Å². The minimum absolute atomic E-state index is 0.302. The summed E-state index contributed by atoms with van der Waals surface area (Å²) < 4.78 is 23.0. The van der Waals surface area contributed by atoms with Crippen molar-refractivity contribution in [3.63, 3.8) is 0 Å². The summed E-state index contributed by atoms with van der Waals surface area (Å²) in [6.07, 6.45) is 0. The van der Waals surface area contributed by atoms with Crippen LogP contribution in [0.4, 0.5) is 0 Å². The maximum atomic E-state index is 11.1. The van der Waals surface area contributed by atoms with Gasteiger partial charge in [-0.2, -0.15) is 0 Å². The van der Waals surface area contributed by atoms with Crippen LogP contribution in [-0.4, -0.2) is 36.3 Å². The van der Waals surface area contributed by atoms with Gasteiger partial charge < -0.3 is 0 Å². The predicted molar refractivity (Wildman–Crippen MR) is 47.9 cm³/mol. The quantitative estimate of drug-likeness (QED) is 0.607. The normalized spacial score (nSPS) is 11.7. The molecule has 0 saturated heterocycles. The number of benzene rings is 1. The third-order valence-electron chi connectivity index (χ3n) is 1.69. The molecule has 0 aromatic heterocycles. The van der Waals surface area contributed by atoms with Crippen LogP contribution in [0.3, 0.4) is 0 Å². The zero-order valence-electron chi connectivity index (χ0n) is 7.03. The van der Waals surface area contributed by atoms with Crippen molar-refractivity contribution in [2.45, 2.75) is 11.8 Å². The van der Waals surface area contributed by atoms with Crippen LogP contribution in [0, 0.1) is 6.92 Å². The Bertz CT molecular complexity index is 380. The van der Waals surface area contributed by atoms with E-state index in [1.165, 1.54) is 0 Å². The average Bonchev–Trinajstić information content (AvgIpc) is 1.82. The van der Waals surface area contributed by atoms with E-state index in [9.17, 15) is 8.42 Å². The maximum absolute atomic E-state index is 11.1. The van der Waals surface area contributed by atoms with Crippen LogP contribution in [-0.2, 0) is 10.0 Å². The van der Waals surface area contributed by atoms with Crippen molar-refractivity contribution in [3.05, 3.63) is 23.8 Å². The zero-order valence-corrected chi connectivity index (χ0v) is 9.85. The van der Waals surface area contributed by atoms with E-state index in [2.05, 4.69) is 0 Å². The molecule has 5 heteroatoms. The fourth-order valence-corrected chi connectivity index (χ4v) is 3.72. The first-order chi connectivity index (χ1) is 5.43. The van der Waals surface area contributed by atoms with Gasteiger partial charge in [-0.15, -0.1) is 0 Å². The Morgan fingerprint density at radius 2 is 2.00 bits per heavy atom. The Kier molecular flexibility index (Phi) is 2.96. The predicted octanol–water partition coefficient (Wildman–Crippen LogP) is -0.564. The minimum atomic E-state index is -3.53. The molecule has 60 valence electrons. The number of aryl methyl sites for hydroxylation is 1. The van der Waals surface area contributed by atoms with E-state index < -0.39 is 10.0 Å². The molecule has 0 radical (unpaired) electrons. The Labute approximate surface area is 89.4 Å². The van der Waals surface area contributed by atoms with Gasteiger partial charge in [0.25, 0.3) is 0 Å². The monoisotopic (exact) mass is 193 g/mol.